The zero-order valence-corrected chi connectivity index (χ0v) is 15.7. The third kappa shape index (κ3) is 3.31. The third-order valence-electron chi connectivity index (χ3n) is 5.25. The van der Waals surface area contributed by atoms with E-state index in [4.69, 9.17) is 4.52 Å². The molecule has 0 aliphatic carbocycles. The third-order valence-corrected chi connectivity index (χ3v) is 5.25. The van der Waals surface area contributed by atoms with Crippen LogP contribution < -0.4 is 0 Å². The van der Waals surface area contributed by atoms with Crippen molar-refractivity contribution >= 4 is 0 Å². The molecular weight excluding hydrogens is 324 g/mol. The minimum Gasteiger partial charge on any atom is -0.361 e. The van der Waals surface area contributed by atoms with Crippen LogP contribution >= 0.6 is 0 Å². The van der Waals surface area contributed by atoms with Crippen molar-refractivity contribution in [3.8, 4) is 11.3 Å². The summed E-state index contributed by atoms with van der Waals surface area (Å²) in [5.41, 5.74) is 5.85. The van der Waals surface area contributed by atoms with Crippen LogP contribution in [0, 0.1) is 6.92 Å². The molecule has 0 amide bonds. The second kappa shape index (κ2) is 7.08. The van der Waals surface area contributed by atoms with Crippen LogP contribution in [0.15, 0.2) is 41.1 Å². The molecule has 0 saturated carbocycles. The molecule has 1 aliphatic rings. The smallest absolute Gasteiger partial charge is 0.139 e. The first-order valence-electron chi connectivity index (χ1n) is 9.41. The van der Waals surface area contributed by atoms with Gasteiger partial charge in [0.15, 0.2) is 0 Å². The van der Waals surface area contributed by atoms with Crippen LogP contribution in [0.25, 0.3) is 11.3 Å². The highest BCUT2D eigenvalue weighted by molar-refractivity contribution is 5.62. The average Bonchev–Trinajstić information content (AvgIpc) is 3.35. The van der Waals surface area contributed by atoms with Crippen LogP contribution in [0.2, 0.25) is 0 Å². The highest BCUT2D eigenvalue weighted by Gasteiger charge is 2.29. The van der Waals surface area contributed by atoms with Gasteiger partial charge in [0.25, 0.3) is 0 Å². The van der Waals surface area contributed by atoms with Gasteiger partial charge < -0.3 is 4.52 Å². The van der Waals surface area contributed by atoms with E-state index in [2.05, 4.69) is 71.4 Å². The molecule has 4 rings (SSSR count). The molecule has 1 aliphatic heterocycles. The van der Waals surface area contributed by atoms with Gasteiger partial charge in [0.1, 0.15) is 11.5 Å². The fourth-order valence-electron chi connectivity index (χ4n) is 3.70. The van der Waals surface area contributed by atoms with Gasteiger partial charge in [-0.2, -0.15) is 5.10 Å². The first kappa shape index (κ1) is 17.0. The Morgan fingerprint density at radius 2 is 2.08 bits per heavy atom. The summed E-state index contributed by atoms with van der Waals surface area (Å²) >= 11 is 0. The van der Waals surface area contributed by atoms with Gasteiger partial charge in [0, 0.05) is 24.1 Å². The Morgan fingerprint density at radius 1 is 1.27 bits per heavy atom. The van der Waals surface area contributed by atoms with Crippen molar-refractivity contribution in [3.63, 3.8) is 0 Å². The molecule has 1 fully saturated rings. The van der Waals surface area contributed by atoms with E-state index in [9.17, 15) is 0 Å². The molecule has 0 bridgehead atoms. The molecule has 3 heterocycles. The number of nitrogens with zero attached hydrogens (tertiary/aromatic N) is 3. The predicted molar refractivity (Wildman–Crippen MR) is 102 cm³/mol. The molecule has 0 spiro atoms. The topological polar surface area (TPSA) is 58.0 Å². The number of hydrogen-bond donors (Lipinski definition) is 1. The number of aryl methyl sites for hydroxylation is 1. The zero-order chi connectivity index (χ0) is 18.1. The Kier molecular flexibility index (Phi) is 4.64. The van der Waals surface area contributed by atoms with Crippen LogP contribution in [0.5, 0.6) is 0 Å². The van der Waals surface area contributed by atoms with E-state index in [0.29, 0.717) is 12.0 Å². The molecule has 1 aromatic carbocycles. The summed E-state index contributed by atoms with van der Waals surface area (Å²) in [6.45, 7) is 8.32. The van der Waals surface area contributed by atoms with Gasteiger partial charge in [-0.25, -0.2) is 0 Å². The van der Waals surface area contributed by atoms with Gasteiger partial charge >= 0.3 is 0 Å². The minimum atomic E-state index is 0.326. The van der Waals surface area contributed by atoms with Crippen LogP contribution in [0.1, 0.15) is 61.2 Å². The zero-order valence-electron chi connectivity index (χ0n) is 15.7. The number of H-pyrrole nitrogens is 1. The Labute approximate surface area is 154 Å². The van der Waals surface area contributed by atoms with Gasteiger partial charge in [0.05, 0.1) is 17.9 Å². The summed E-state index contributed by atoms with van der Waals surface area (Å²) in [7, 11) is 0. The molecule has 5 nitrogen and oxygen atoms in total. The number of aromatic amines is 1. The largest absolute Gasteiger partial charge is 0.361 e. The van der Waals surface area contributed by atoms with Crippen molar-refractivity contribution in [2.75, 3.05) is 6.54 Å². The summed E-state index contributed by atoms with van der Waals surface area (Å²) in [5.74, 6) is 1.34. The van der Waals surface area contributed by atoms with E-state index in [1.807, 2.05) is 6.20 Å². The number of aromatic nitrogens is 3. The maximum absolute atomic E-state index is 5.53. The lowest BCUT2D eigenvalue weighted by atomic mass is 10.0. The normalized spacial score (nSPS) is 18.1. The Bertz CT molecular complexity index is 862. The van der Waals surface area contributed by atoms with E-state index in [-0.39, 0.29) is 0 Å². The Balaban J connectivity index is 1.55. The van der Waals surface area contributed by atoms with E-state index in [1.165, 1.54) is 23.1 Å². The summed E-state index contributed by atoms with van der Waals surface area (Å²) < 4.78 is 5.53. The monoisotopic (exact) mass is 350 g/mol. The van der Waals surface area contributed by atoms with Gasteiger partial charge in [-0.05, 0) is 31.9 Å². The van der Waals surface area contributed by atoms with Crippen molar-refractivity contribution < 1.29 is 4.52 Å². The quantitative estimate of drug-likeness (QED) is 0.716. The van der Waals surface area contributed by atoms with Gasteiger partial charge in [-0.15, -0.1) is 0 Å². The maximum Gasteiger partial charge on any atom is 0.139 e. The number of likely N-dealkylation sites (tertiary alicyclic amines) is 1. The van der Waals surface area contributed by atoms with Crippen molar-refractivity contribution in [1.82, 2.24) is 20.3 Å². The summed E-state index contributed by atoms with van der Waals surface area (Å²) in [4.78, 5) is 2.49. The van der Waals surface area contributed by atoms with Crippen LogP contribution in [0.4, 0.5) is 0 Å². The van der Waals surface area contributed by atoms with E-state index < -0.39 is 0 Å². The molecule has 1 saturated heterocycles. The lowest BCUT2D eigenvalue weighted by Crippen LogP contribution is -2.23. The van der Waals surface area contributed by atoms with Crippen LogP contribution in [-0.2, 0) is 6.54 Å². The van der Waals surface area contributed by atoms with E-state index in [1.54, 1.807) is 0 Å². The number of rotatable bonds is 5. The first-order valence-corrected chi connectivity index (χ1v) is 9.41. The molecule has 5 heteroatoms. The molecule has 0 radical (unpaired) electrons. The van der Waals surface area contributed by atoms with Crippen molar-refractivity contribution in [2.24, 2.45) is 0 Å². The van der Waals surface area contributed by atoms with Gasteiger partial charge in [0.2, 0.25) is 0 Å². The summed E-state index contributed by atoms with van der Waals surface area (Å²) in [5, 5.41) is 11.8. The minimum absolute atomic E-state index is 0.326. The SMILES string of the molecule is Cc1ccc(-c2[nH]ncc2CN2CCCC2c2cc(C(C)C)on2)cc1. The average molecular weight is 350 g/mol. The molecule has 1 N–H and O–H groups in total. The maximum atomic E-state index is 5.53. The van der Waals surface area contributed by atoms with Crippen LogP contribution in [0.3, 0.4) is 0 Å². The predicted octanol–water partition coefficient (Wildman–Crippen LogP) is 4.83. The van der Waals surface area contributed by atoms with Crippen LogP contribution in [-0.4, -0.2) is 26.8 Å². The molecule has 3 aromatic rings. The summed E-state index contributed by atoms with van der Waals surface area (Å²) in [6.07, 6.45) is 4.26. The Hall–Kier alpha value is -2.40. The van der Waals surface area contributed by atoms with Crippen molar-refractivity contribution in [1.29, 1.82) is 0 Å². The molecule has 26 heavy (non-hydrogen) atoms. The fraction of sp³-hybridized carbons (Fsp3) is 0.429. The molecule has 2 aromatic heterocycles. The fourth-order valence-corrected chi connectivity index (χ4v) is 3.70. The summed E-state index contributed by atoms with van der Waals surface area (Å²) in [6, 6.07) is 11.0. The number of nitrogens with one attached hydrogen (secondary N) is 1. The number of hydrogen-bond acceptors (Lipinski definition) is 4. The Morgan fingerprint density at radius 3 is 2.81 bits per heavy atom. The van der Waals surface area contributed by atoms with Gasteiger partial charge in [-0.3, -0.25) is 10.00 Å². The van der Waals surface area contributed by atoms with Gasteiger partial charge in [-0.1, -0.05) is 48.8 Å². The molecular formula is C21H26N4O. The second-order valence-electron chi connectivity index (χ2n) is 7.57. The molecule has 136 valence electrons. The second-order valence-corrected chi connectivity index (χ2v) is 7.57. The first-order chi connectivity index (χ1) is 12.6. The highest BCUT2D eigenvalue weighted by atomic mass is 16.5. The standard InChI is InChI=1S/C21H26N4O/c1-14(2)20-11-18(24-26-20)19-5-4-10-25(19)13-17-12-22-23-21(17)16-8-6-15(3)7-9-16/h6-9,11-12,14,19H,4-5,10,13H2,1-3H3,(H,22,23). The van der Waals surface area contributed by atoms with Crippen molar-refractivity contribution in [3.05, 3.63) is 59.1 Å². The molecule has 1 atom stereocenters. The highest BCUT2D eigenvalue weighted by Crippen LogP contribution is 2.35. The van der Waals surface area contributed by atoms with E-state index >= 15 is 0 Å². The van der Waals surface area contributed by atoms with E-state index in [0.717, 1.165) is 36.7 Å². The molecule has 1 unspecified atom stereocenters. The number of benzene rings is 1. The lowest BCUT2D eigenvalue weighted by molar-refractivity contribution is 0.236. The lowest BCUT2D eigenvalue weighted by Gasteiger charge is -2.22. The van der Waals surface area contributed by atoms with Crippen molar-refractivity contribution in [2.45, 2.75) is 52.1 Å².